The highest BCUT2D eigenvalue weighted by molar-refractivity contribution is 5.70. The van der Waals surface area contributed by atoms with Crippen molar-refractivity contribution in [2.75, 3.05) is 6.61 Å². The summed E-state index contributed by atoms with van der Waals surface area (Å²) in [6.45, 7) is 1.88. The number of alkyl carbamates (subject to hydrolysis) is 1. The molecule has 0 aliphatic carbocycles. The average Bonchev–Trinajstić information content (AvgIpc) is 2.65. The number of hydrogen-bond acceptors (Lipinski definition) is 4. The predicted molar refractivity (Wildman–Crippen MR) is 55.1 cm³/mol. The summed E-state index contributed by atoms with van der Waals surface area (Å²) in [7, 11) is 0. The summed E-state index contributed by atoms with van der Waals surface area (Å²) in [5, 5.41) is 13.3. The number of rotatable bonds is 2. The van der Waals surface area contributed by atoms with Crippen LogP contribution >= 0.6 is 0 Å². The largest absolute Gasteiger partial charge is 0.447 e. The lowest BCUT2D eigenvalue weighted by molar-refractivity contribution is -0.385. The van der Waals surface area contributed by atoms with Crippen LogP contribution in [-0.2, 0) is 4.74 Å². The molecule has 1 saturated heterocycles. The van der Waals surface area contributed by atoms with Crippen LogP contribution in [0.4, 0.5) is 10.5 Å². The van der Waals surface area contributed by atoms with Crippen LogP contribution in [0.15, 0.2) is 18.2 Å². The number of ether oxygens (including phenoxy) is 1. The van der Waals surface area contributed by atoms with Gasteiger partial charge in [0.25, 0.3) is 5.69 Å². The molecule has 0 saturated carbocycles. The van der Waals surface area contributed by atoms with Gasteiger partial charge in [0, 0.05) is 11.6 Å². The van der Waals surface area contributed by atoms with Crippen molar-refractivity contribution in [1.82, 2.24) is 5.32 Å². The molecule has 6 nitrogen and oxygen atoms in total. The Morgan fingerprint density at radius 1 is 1.56 bits per heavy atom. The first kappa shape index (κ1) is 10.4. The molecule has 84 valence electrons. The number of amides is 1. The number of carbonyl (C=O) groups excluding carboxylic acids is 1. The monoisotopic (exact) mass is 222 g/mol. The Kier molecular flexibility index (Phi) is 2.47. The third-order valence-corrected chi connectivity index (χ3v) is 2.51. The Balaban J connectivity index is 2.32. The summed E-state index contributed by atoms with van der Waals surface area (Å²) in [6.07, 6.45) is -0.492. The maximum absolute atomic E-state index is 10.8. The first-order valence-corrected chi connectivity index (χ1v) is 4.76. The Bertz CT molecular complexity index is 458. The number of nitro groups is 1. The van der Waals surface area contributed by atoms with E-state index in [-0.39, 0.29) is 18.3 Å². The van der Waals surface area contributed by atoms with Gasteiger partial charge in [0.05, 0.1) is 11.0 Å². The molecular formula is C10H10N2O4. The van der Waals surface area contributed by atoms with Crippen LogP contribution in [-0.4, -0.2) is 17.6 Å². The Morgan fingerprint density at radius 2 is 2.31 bits per heavy atom. The summed E-state index contributed by atoms with van der Waals surface area (Å²) in [5.41, 5.74) is 1.33. The van der Waals surface area contributed by atoms with Crippen molar-refractivity contribution >= 4 is 11.8 Å². The molecule has 1 atom stereocenters. The van der Waals surface area contributed by atoms with E-state index >= 15 is 0 Å². The van der Waals surface area contributed by atoms with Crippen molar-refractivity contribution < 1.29 is 14.5 Å². The fraction of sp³-hybridized carbons (Fsp3) is 0.300. The van der Waals surface area contributed by atoms with Gasteiger partial charge in [0.15, 0.2) is 0 Å². The summed E-state index contributed by atoms with van der Waals surface area (Å²) < 4.78 is 4.73. The van der Waals surface area contributed by atoms with Gasteiger partial charge < -0.3 is 10.1 Å². The Morgan fingerprint density at radius 3 is 2.88 bits per heavy atom. The zero-order chi connectivity index (χ0) is 11.7. The van der Waals surface area contributed by atoms with Crippen molar-refractivity contribution in [2.45, 2.75) is 13.0 Å². The minimum atomic E-state index is -0.492. The van der Waals surface area contributed by atoms with Gasteiger partial charge in [0.1, 0.15) is 6.61 Å². The highest BCUT2D eigenvalue weighted by Crippen LogP contribution is 2.25. The molecule has 1 unspecified atom stereocenters. The van der Waals surface area contributed by atoms with E-state index in [0.29, 0.717) is 11.1 Å². The lowest BCUT2D eigenvalue weighted by atomic mass is 10.0. The smallest absolute Gasteiger partial charge is 0.407 e. The topological polar surface area (TPSA) is 81.5 Å². The van der Waals surface area contributed by atoms with Crippen molar-refractivity contribution in [3.63, 3.8) is 0 Å². The van der Waals surface area contributed by atoms with Crippen LogP contribution in [0.5, 0.6) is 0 Å². The molecule has 0 bridgehead atoms. The maximum atomic E-state index is 10.8. The first-order valence-electron chi connectivity index (χ1n) is 4.76. The fourth-order valence-electron chi connectivity index (χ4n) is 1.60. The highest BCUT2D eigenvalue weighted by atomic mass is 16.6. The van der Waals surface area contributed by atoms with Crippen molar-refractivity contribution in [3.8, 4) is 0 Å². The number of aryl methyl sites for hydroxylation is 1. The van der Waals surface area contributed by atoms with Crippen LogP contribution < -0.4 is 5.32 Å². The third-order valence-electron chi connectivity index (χ3n) is 2.51. The molecule has 0 spiro atoms. The molecule has 1 heterocycles. The lowest BCUT2D eigenvalue weighted by Gasteiger charge is -2.07. The number of nitrogens with one attached hydrogen (secondary N) is 1. The first-order chi connectivity index (χ1) is 7.58. The zero-order valence-electron chi connectivity index (χ0n) is 8.60. The minimum absolute atomic E-state index is 0.0543. The molecule has 0 aromatic heterocycles. The second kappa shape index (κ2) is 3.80. The fourth-order valence-corrected chi connectivity index (χ4v) is 1.60. The van der Waals surface area contributed by atoms with Crippen molar-refractivity contribution in [2.24, 2.45) is 0 Å². The van der Waals surface area contributed by atoms with Gasteiger partial charge in [-0.25, -0.2) is 4.79 Å². The van der Waals surface area contributed by atoms with E-state index in [0.717, 1.165) is 0 Å². The quantitative estimate of drug-likeness (QED) is 0.609. The van der Waals surface area contributed by atoms with E-state index in [9.17, 15) is 14.9 Å². The van der Waals surface area contributed by atoms with Gasteiger partial charge >= 0.3 is 6.09 Å². The average molecular weight is 222 g/mol. The second-order valence-corrected chi connectivity index (χ2v) is 3.60. The minimum Gasteiger partial charge on any atom is -0.447 e. The number of hydrogen-bond donors (Lipinski definition) is 1. The summed E-state index contributed by atoms with van der Waals surface area (Å²) in [5.74, 6) is 0. The zero-order valence-corrected chi connectivity index (χ0v) is 8.60. The molecule has 1 aliphatic rings. The summed E-state index contributed by atoms with van der Waals surface area (Å²) in [6, 6.07) is 4.58. The molecule has 6 heteroatoms. The van der Waals surface area contributed by atoms with Crippen LogP contribution in [0, 0.1) is 17.0 Å². The molecule has 0 radical (unpaired) electrons. The lowest BCUT2D eigenvalue weighted by Crippen LogP contribution is -2.18. The normalized spacial score (nSPS) is 19.1. The SMILES string of the molecule is Cc1ccc(C2COC(=O)N2)cc1[N+](=O)[O-]. The predicted octanol–water partition coefficient (Wildman–Crippen LogP) is 1.68. The van der Waals surface area contributed by atoms with Crippen molar-refractivity contribution in [3.05, 3.63) is 39.4 Å². The molecule has 1 N–H and O–H groups in total. The molecule has 1 aromatic rings. The molecule has 1 fully saturated rings. The second-order valence-electron chi connectivity index (χ2n) is 3.60. The van der Waals surface area contributed by atoms with Crippen LogP contribution in [0.25, 0.3) is 0 Å². The van der Waals surface area contributed by atoms with E-state index in [2.05, 4.69) is 5.32 Å². The van der Waals surface area contributed by atoms with E-state index in [1.807, 2.05) is 0 Å². The van der Waals surface area contributed by atoms with E-state index in [4.69, 9.17) is 4.74 Å². The van der Waals surface area contributed by atoms with Gasteiger partial charge in [-0.3, -0.25) is 10.1 Å². The number of cyclic esters (lactones) is 1. The van der Waals surface area contributed by atoms with Gasteiger partial charge in [-0.1, -0.05) is 12.1 Å². The van der Waals surface area contributed by atoms with Gasteiger partial charge in [-0.15, -0.1) is 0 Å². The Hall–Kier alpha value is -2.11. The third kappa shape index (κ3) is 1.81. The molecule has 1 aliphatic heterocycles. The molecular weight excluding hydrogens is 212 g/mol. The molecule has 1 amide bonds. The molecule has 2 rings (SSSR count). The number of nitrogens with zero attached hydrogens (tertiary/aromatic N) is 1. The van der Waals surface area contributed by atoms with Crippen LogP contribution in [0.1, 0.15) is 17.2 Å². The highest BCUT2D eigenvalue weighted by Gasteiger charge is 2.25. The number of carbonyl (C=O) groups is 1. The van der Waals surface area contributed by atoms with Crippen LogP contribution in [0.2, 0.25) is 0 Å². The van der Waals surface area contributed by atoms with Gasteiger partial charge in [-0.05, 0) is 12.5 Å². The van der Waals surface area contributed by atoms with Crippen molar-refractivity contribution in [1.29, 1.82) is 0 Å². The van der Waals surface area contributed by atoms with Gasteiger partial charge in [-0.2, -0.15) is 0 Å². The van der Waals surface area contributed by atoms with E-state index < -0.39 is 11.0 Å². The van der Waals surface area contributed by atoms with E-state index in [1.165, 1.54) is 6.07 Å². The Labute approximate surface area is 91.4 Å². The van der Waals surface area contributed by atoms with Gasteiger partial charge in [0.2, 0.25) is 0 Å². The number of benzene rings is 1. The summed E-state index contributed by atoms with van der Waals surface area (Å²) in [4.78, 5) is 21.2. The standard InChI is InChI=1S/C10H10N2O4/c1-6-2-3-7(4-9(6)12(14)15)8-5-16-10(13)11-8/h2-4,8H,5H2,1H3,(H,11,13). The van der Waals surface area contributed by atoms with E-state index in [1.54, 1.807) is 19.1 Å². The number of nitro benzene ring substituents is 1. The molecule has 1 aromatic carbocycles. The van der Waals surface area contributed by atoms with Crippen LogP contribution in [0.3, 0.4) is 0 Å². The molecule has 16 heavy (non-hydrogen) atoms. The summed E-state index contributed by atoms with van der Waals surface area (Å²) >= 11 is 0. The maximum Gasteiger partial charge on any atom is 0.407 e.